The smallest absolute Gasteiger partial charge is 0.203 e. The van der Waals surface area contributed by atoms with E-state index < -0.39 is 0 Å². The molecule has 0 spiro atoms. The first-order valence-corrected chi connectivity index (χ1v) is 13.7. The summed E-state index contributed by atoms with van der Waals surface area (Å²) >= 11 is 0. The molecule has 7 nitrogen and oxygen atoms in total. The van der Waals surface area contributed by atoms with Gasteiger partial charge in [-0.1, -0.05) is 26.8 Å². The molecule has 1 unspecified atom stereocenters. The van der Waals surface area contributed by atoms with Gasteiger partial charge in [0.2, 0.25) is 5.75 Å². The fraction of sp³-hybridized carbons (Fsp3) is 0.613. The average molecular weight is 531 g/mol. The zero-order valence-electron chi connectivity index (χ0n) is 25.1. The summed E-state index contributed by atoms with van der Waals surface area (Å²) in [6.45, 7) is 10.7. The third kappa shape index (κ3) is 7.93. The van der Waals surface area contributed by atoms with Gasteiger partial charge in [-0.2, -0.15) is 0 Å². The first-order chi connectivity index (χ1) is 18.3. The molecule has 1 N–H and O–H groups in total. The van der Waals surface area contributed by atoms with Crippen LogP contribution in [0.2, 0.25) is 0 Å². The maximum Gasteiger partial charge on any atom is 0.203 e. The van der Waals surface area contributed by atoms with Gasteiger partial charge < -0.3 is 33.9 Å². The zero-order valence-corrected chi connectivity index (χ0v) is 25.1. The highest BCUT2D eigenvalue weighted by atomic mass is 16.5. The Morgan fingerprint density at radius 1 is 0.816 bits per heavy atom. The Labute approximate surface area is 230 Å². The van der Waals surface area contributed by atoms with E-state index in [0.717, 1.165) is 63.4 Å². The van der Waals surface area contributed by atoms with Gasteiger partial charge in [0.25, 0.3) is 0 Å². The van der Waals surface area contributed by atoms with Gasteiger partial charge in [0.05, 0.1) is 35.5 Å². The number of hydrogen-bond donors (Lipinski definition) is 1. The standard InChI is InChI=1S/C31H50N2O5/c1-10-16-32-22-31(23(2)3,25-20-28(36-7)30(38-9)29(21-25)37-8)15-11-17-33(4)18-14-24-12-13-26(34-5)27(19-24)35-6/h12-13,19-21,23,32H,10-11,14-18,22H2,1-9H3. The van der Waals surface area contributed by atoms with E-state index in [0.29, 0.717) is 23.2 Å². The van der Waals surface area contributed by atoms with Crippen molar-refractivity contribution in [2.75, 3.05) is 68.8 Å². The van der Waals surface area contributed by atoms with Crippen molar-refractivity contribution in [2.45, 2.75) is 51.9 Å². The summed E-state index contributed by atoms with van der Waals surface area (Å²) < 4.78 is 27.9. The molecule has 0 amide bonds. The average Bonchev–Trinajstić information content (AvgIpc) is 2.93. The second-order valence-electron chi connectivity index (χ2n) is 10.2. The lowest BCUT2D eigenvalue weighted by Crippen LogP contribution is -2.43. The van der Waals surface area contributed by atoms with Crippen LogP contribution in [0.25, 0.3) is 0 Å². The Morgan fingerprint density at radius 3 is 1.97 bits per heavy atom. The molecule has 0 fully saturated rings. The Balaban J connectivity index is 2.19. The number of nitrogens with zero attached hydrogens (tertiary/aromatic N) is 1. The summed E-state index contributed by atoms with van der Waals surface area (Å²) in [7, 11) is 10.6. The molecule has 0 aliphatic carbocycles. The number of rotatable bonds is 18. The van der Waals surface area contributed by atoms with Crippen molar-refractivity contribution in [3.63, 3.8) is 0 Å². The van der Waals surface area contributed by atoms with Gasteiger partial charge in [-0.3, -0.25) is 0 Å². The van der Waals surface area contributed by atoms with Crippen LogP contribution in [0.1, 0.15) is 51.2 Å². The van der Waals surface area contributed by atoms with Crippen molar-refractivity contribution in [3.05, 3.63) is 41.5 Å². The number of ether oxygens (including phenoxy) is 5. The SMILES string of the molecule is CCCNCC(CCCN(C)CCc1ccc(OC)c(OC)c1)(c1cc(OC)c(OC)c(OC)c1)C(C)C. The monoisotopic (exact) mass is 530 g/mol. The molecule has 0 heterocycles. The van der Waals surface area contributed by atoms with Gasteiger partial charge in [-0.05, 0) is 87.1 Å². The molecule has 0 aliphatic heterocycles. The molecule has 0 bridgehead atoms. The minimum absolute atomic E-state index is 0.0772. The molecule has 1 atom stereocenters. The molecular weight excluding hydrogens is 480 g/mol. The quantitative estimate of drug-likeness (QED) is 0.253. The molecular formula is C31H50N2O5. The molecule has 0 aliphatic rings. The van der Waals surface area contributed by atoms with Crippen molar-refractivity contribution in [3.8, 4) is 28.7 Å². The summed E-state index contributed by atoms with van der Waals surface area (Å²) in [5.41, 5.74) is 2.39. The molecule has 2 rings (SSSR count). The molecule has 0 radical (unpaired) electrons. The highest BCUT2D eigenvalue weighted by Crippen LogP contribution is 2.45. The van der Waals surface area contributed by atoms with Gasteiger partial charge in [0.15, 0.2) is 23.0 Å². The van der Waals surface area contributed by atoms with E-state index in [9.17, 15) is 0 Å². The Morgan fingerprint density at radius 2 is 1.45 bits per heavy atom. The van der Waals surface area contributed by atoms with E-state index in [1.807, 2.05) is 6.07 Å². The van der Waals surface area contributed by atoms with Crippen LogP contribution in [-0.4, -0.2) is 73.7 Å². The first kappa shape index (κ1) is 31.6. The summed E-state index contributed by atoms with van der Waals surface area (Å²) in [5.74, 6) is 3.99. The number of hydrogen-bond acceptors (Lipinski definition) is 7. The predicted molar refractivity (Wildman–Crippen MR) is 156 cm³/mol. The second-order valence-corrected chi connectivity index (χ2v) is 10.2. The molecule has 38 heavy (non-hydrogen) atoms. The molecule has 0 aromatic heterocycles. The highest BCUT2D eigenvalue weighted by Gasteiger charge is 2.36. The lowest BCUT2D eigenvalue weighted by molar-refractivity contribution is 0.239. The van der Waals surface area contributed by atoms with Gasteiger partial charge >= 0.3 is 0 Å². The van der Waals surface area contributed by atoms with Gasteiger partial charge in [-0.25, -0.2) is 0 Å². The molecule has 7 heteroatoms. The second kappa shape index (κ2) is 15.7. The van der Waals surface area contributed by atoms with Crippen LogP contribution in [0.4, 0.5) is 0 Å². The van der Waals surface area contributed by atoms with Crippen molar-refractivity contribution in [2.24, 2.45) is 5.92 Å². The van der Waals surface area contributed by atoms with Crippen LogP contribution in [0.3, 0.4) is 0 Å². The normalized spacial score (nSPS) is 12.9. The van der Waals surface area contributed by atoms with Crippen molar-refractivity contribution in [1.82, 2.24) is 10.2 Å². The van der Waals surface area contributed by atoms with Crippen molar-refractivity contribution < 1.29 is 23.7 Å². The zero-order chi connectivity index (χ0) is 28.1. The van der Waals surface area contributed by atoms with E-state index in [-0.39, 0.29) is 5.41 Å². The minimum atomic E-state index is -0.0772. The third-order valence-corrected chi connectivity index (χ3v) is 7.60. The van der Waals surface area contributed by atoms with E-state index in [4.69, 9.17) is 23.7 Å². The minimum Gasteiger partial charge on any atom is -0.493 e. The summed E-state index contributed by atoms with van der Waals surface area (Å²) in [4.78, 5) is 2.41. The van der Waals surface area contributed by atoms with Crippen molar-refractivity contribution in [1.29, 1.82) is 0 Å². The summed E-state index contributed by atoms with van der Waals surface area (Å²) in [6.07, 6.45) is 4.17. The van der Waals surface area contributed by atoms with E-state index in [2.05, 4.69) is 62.3 Å². The van der Waals surface area contributed by atoms with Crippen LogP contribution in [0.15, 0.2) is 30.3 Å². The molecule has 0 saturated heterocycles. The van der Waals surface area contributed by atoms with Crippen LogP contribution in [0, 0.1) is 5.92 Å². The fourth-order valence-electron chi connectivity index (χ4n) is 5.15. The molecule has 0 saturated carbocycles. The topological polar surface area (TPSA) is 61.4 Å². The predicted octanol–water partition coefficient (Wildman–Crippen LogP) is 5.58. The molecule has 2 aromatic rings. The Kier molecular flexibility index (Phi) is 13.0. The summed E-state index contributed by atoms with van der Waals surface area (Å²) in [6, 6.07) is 10.4. The fourth-order valence-corrected chi connectivity index (χ4v) is 5.15. The summed E-state index contributed by atoms with van der Waals surface area (Å²) in [5, 5.41) is 3.72. The largest absolute Gasteiger partial charge is 0.493 e. The lowest BCUT2D eigenvalue weighted by Gasteiger charge is -2.40. The van der Waals surface area contributed by atoms with Gasteiger partial charge in [0.1, 0.15) is 0 Å². The van der Waals surface area contributed by atoms with Crippen LogP contribution in [0.5, 0.6) is 28.7 Å². The Hall–Kier alpha value is -2.64. The van der Waals surface area contributed by atoms with Crippen LogP contribution in [-0.2, 0) is 11.8 Å². The van der Waals surface area contributed by atoms with E-state index in [1.165, 1.54) is 11.1 Å². The number of nitrogens with one attached hydrogen (secondary N) is 1. The lowest BCUT2D eigenvalue weighted by atomic mass is 9.68. The first-order valence-electron chi connectivity index (χ1n) is 13.7. The van der Waals surface area contributed by atoms with E-state index in [1.54, 1.807) is 35.5 Å². The number of likely N-dealkylation sites (N-methyl/N-ethyl adjacent to an activating group) is 1. The number of methoxy groups -OCH3 is 5. The molecule has 214 valence electrons. The third-order valence-electron chi connectivity index (χ3n) is 7.60. The maximum atomic E-state index is 5.72. The molecule has 2 aromatic carbocycles. The van der Waals surface area contributed by atoms with Crippen molar-refractivity contribution >= 4 is 0 Å². The van der Waals surface area contributed by atoms with Gasteiger partial charge in [0, 0.05) is 18.5 Å². The van der Waals surface area contributed by atoms with Crippen LogP contribution >= 0.6 is 0 Å². The highest BCUT2D eigenvalue weighted by molar-refractivity contribution is 5.55. The van der Waals surface area contributed by atoms with Gasteiger partial charge in [-0.15, -0.1) is 0 Å². The maximum absolute atomic E-state index is 5.72. The van der Waals surface area contributed by atoms with E-state index >= 15 is 0 Å². The Bertz CT molecular complexity index is 956. The number of benzene rings is 2. The van der Waals surface area contributed by atoms with Crippen LogP contribution < -0.4 is 29.0 Å².